The summed E-state index contributed by atoms with van der Waals surface area (Å²) in [5.41, 5.74) is 1.83. The van der Waals surface area contributed by atoms with E-state index in [-0.39, 0.29) is 0 Å². The predicted molar refractivity (Wildman–Crippen MR) is 73.9 cm³/mol. The quantitative estimate of drug-likeness (QED) is 0.882. The summed E-state index contributed by atoms with van der Waals surface area (Å²) in [5.74, 6) is 0.481. The first-order valence-electron chi connectivity index (χ1n) is 6.42. The van der Waals surface area contributed by atoms with Crippen molar-refractivity contribution in [1.82, 2.24) is 4.72 Å². The minimum absolute atomic E-state index is 0.481. The van der Waals surface area contributed by atoms with E-state index in [1.165, 1.54) is 26.3 Å². The van der Waals surface area contributed by atoms with E-state index >= 15 is 0 Å². The molecule has 0 aliphatic heterocycles. The second kappa shape index (κ2) is 5.71. The Morgan fingerprint density at radius 1 is 1.11 bits per heavy atom. The normalized spacial score (nSPS) is 17.6. The van der Waals surface area contributed by atoms with Gasteiger partial charge in [0.2, 0.25) is 0 Å². The van der Waals surface area contributed by atoms with Crippen molar-refractivity contribution in [2.24, 2.45) is 0 Å². The molecule has 1 aromatic rings. The average Bonchev–Trinajstić information content (AvgIpc) is 2.40. The van der Waals surface area contributed by atoms with Crippen molar-refractivity contribution in [2.45, 2.75) is 38.0 Å². The number of para-hydroxylation sites is 1. The molecule has 0 unspecified atom stereocenters. The standard InChI is InChI=1S/C13H20N2O2S/c1-14-18(16,17)15-13-10-6-5-9-12(13)11-7-3-2-4-8-11/h5-6,9-11,14-15H,2-4,7-8H2,1H3. The smallest absolute Gasteiger partial charge is 0.271 e. The summed E-state index contributed by atoms with van der Waals surface area (Å²) in [6, 6.07) is 7.70. The van der Waals surface area contributed by atoms with Crippen LogP contribution >= 0.6 is 0 Å². The predicted octanol–water partition coefficient (Wildman–Crippen LogP) is 2.61. The molecule has 18 heavy (non-hydrogen) atoms. The molecule has 1 aliphatic rings. The van der Waals surface area contributed by atoms with Crippen molar-refractivity contribution in [1.29, 1.82) is 0 Å². The fourth-order valence-electron chi connectivity index (χ4n) is 2.56. The van der Waals surface area contributed by atoms with Crippen LogP contribution in [0.5, 0.6) is 0 Å². The number of anilines is 1. The van der Waals surface area contributed by atoms with Crippen LogP contribution in [0.4, 0.5) is 5.69 Å². The summed E-state index contributed by atoms with van der Waals surface area (Å²) < 4.78 is 28.0. The highest BCUT2D eigenvalue weighted by molar-refractivity contribution is 7.90. The Kier molecular flexibility index (Phi) is 4.24. The zero-order valence-corrected chi connectivity index (χ0v) is 11.5. The molecule has 0 saturated heterocycles. The van der Waals surface area contributed by atoms with Gasteiger partial charge in [0.15, 0.2) is 0 Å². The molecule has 0 radical (unpaired) electrons. The Bertz CT molecular complexity index is 493. The Hall–Kier alpha value is -1.07. The molecule has 4 nitrogen and oxygen atoms in total. The molecule has 1 saturated carbocycles. The topological polar surface area (TPSA) is 58.2 Å². The van der Waals surface area contributed by atoms with Gasteiger partial charge in [-0.25, -0.2) is 4.72 Å². The molecule has 1 aliphatic carbocycles. The van der Waals surface area contributed by atoms with Crippen LogP contribution < -0.4 is 9.44 Å². The fraction of sp³-hybridized carbons (Fsp3) is 0.538. The van der Waals surface area contributed by atoms with Crippen LogP contribution in [0.2, 0.25) is 0 Å². The van der Waals surface area contributed by atoms with E-state index in [2.05, 4.69) is 9.44 Å². The lowest BCUT2D eigenvalue weighted by molar-refractivity contribution is 0.444. The maximum atomic E-state index is 11.6. The number of hydrogen-bond acceptors (Lipinski definition) is 2. The molecule has 2 rings (SSSR count). The third-order valence-electron chi connectivity index (χ3n) is 3.52. The highest BCUT2D eigenvalue weighted by Crippen LogP contribution is 2.36. The van der Waals surface area contributed by atoms with Gasteiger partial charge in [0.25, 0.3) is 10.2 Å². The van der Waals surface area contributed by atoms with Gasteiger partial charge >= 0.3 is 0 Å². The summed E-state index contributed by atoms with van der Waals surface area (Å²) >= 11 is 0. The molecular weight excluding hydrogens is 248 g/mol. The van der Waals surface area contributed by atoms with Crippen LogP contribution in [0.15, 0.2) is 24.3 Å². The Balaban J connectivity index is 2.25. The molecule has 1 aromatic carbocycles. The third kappa shape index (κ3) is 3.23. The van der Waals surface area contributed by atoms with Gasteiger partial charge in [0, 0.05) is 7.05 Å². The molecule has 0 aromatic heterocycles. The second-order valence-electron chi connectivity index (χ2n) is 4.73. The van der Waals surface area contributed by atoms with Gasteiger partial charge in [-0.05, 0) is 30.4 Å². The first kappa shape index (κ1) is 13.4. The van der Waals surface area contributed by atoms with Gasteiger partial charge in [-0.2, -0.15) is 8.42 Å². The molecule has 0 spiro atoms. The van der Waals surface area contributed by atoms with Gasteiger partial charge in [-0.15, -0.1) is 0 Å². The van der Waals surface area contributed by atoms with Crippen molar-refractivity contribution >= 4 is 15.9 Å². The van der Waals surface area contributed by atoms with Crippen molar-refractivity contribution in [3.63, 3.8) is 0 Å². The zero-order valence-electron chi connectivity index (χ0n) is 10.6. The number of nitrogens with one attached hydrogen (secondary N) is 2. The maximum absolute atomic E-state index is 11.6. The van der Waals surface area contributed by atoms with E-state index in [0.717, 1.165) is 18.4 Å². The van der Waals surface area contributed by atoms with Crippen LogP contribution in [0.3, 0.4) is 0 Å². The van der Waals surface area contributed by atoms with Crippen LogP contribution in [0.25, 0.3) is 0 Å². The van der Waals surface area contributed by atoms with Gasteiger partial charge < -0.3 is 0 Å². The third-order valence-corrected chi connectivity index (χ3v) is 4.54. The van der Waals surface area contributed by atoms with Crippen LogP contribution in [-0.4, -0.2) is 15.5 Å². The van der Waals surface area contributed by atoms with Gasteiger partial charge in [0.1, 0.15) is 0 Å². The average molecular weight is 268 g/mol. The van der Waals surface area contributed by atoms with Crippen LogP contribution in [-0.2, 0) is 10.2 Å². The highest BCUT2D eigenvalue weighted by atomic mass is 32.2. The molecule has 0 bridgehead atoms. The lowest BCUT2D eigenvalue weighted by Crippen LogP contribution is -2.27. The van der Waals surface area contributed by atoms with E-state index in [1.54, 1.807) is 0 Å². The summed E-state index contributed by atoms with van der Waals surface area (Å²) in [5, 5.41) is 0. The molecule has 0 heterocycles. The lowest BCUT2D eigenvalue weighted by Gasteiger charge is -2.24. The van der Waals surface area contributed by atoms with Gasteiger partial charge in [-0.1, -0.05) is 37.5 Å². The lowest BCUT2D eigenvalue weighted by atomic mass is 9.83. The van der Waals surface area contributed by atoms with E-state index in [4.69, 9.17) is 0 Å². The summed E-state index contributed by atoms with van der Waals surface area (Å²) in [4.78, 5) is 0. The van der Waals surface area contributed by atoms with Crippen LogP contribution in [0.1, 0.15) is 43.6 Å². The zero-order chi connectivity index (χ0) is 13.0. The summed E-state index contributed by atoms with van der Waals surface area (Å²) in [6.07, 6.45) is 6.06. The Morgan fingerprint density at radius 2 is 1.78 bits per heavy atom. The number of benzene rings is 1. The number of rotatable bonds is 4. The largest absolute Gasteiger partial charge is 0.298 e. The van der Waals surface area contributed by atoms with E-state index in [9.17, 15) is 8.42 Å². The molecule has 1 fully saturated rings. The molecule has 0 atom stereocenters. The summed E-state index contributed by atoms with van der Waals surface area (Å²) in [7, 11) is -2.03. The molecule has 100 valence electrons. The van der Waals surface area contributed by atoms with E-state index < -0.39 is 10.2 Å². The van der Waals surface area contributed by atoms with E-state index in [0.29, 0.717) is 11.6 Å². The maximum Gasteiger partial charge on any atom is 0.298 e. The molecule has 0 amide bonds. The van der Waals surface area contributed by atoms with Gasteiger partial charge in [-0.3, -0.25) is 4.72 Å². The number of hydrogen-bond donors (Lipinski definition) is 2. The molecule has 2 N–H and O–H groups in total. The van der Waals surface area contributed by atoms with Crippen molar-refractivity contribution in [3.05, 3.63) is 29.8 Å². The second-order valence-corrected chi connectivity index (χ2v) is 6.35. The summed E-state index contributed by atoms with van der Waals surface area (Å²) in [6.45, 7) is 0. The Labute approximate surface area is 109 Å². The van der Waals surface area contributed by atoms with Crippen molar-refractivity contribution in [2.75, 3.05) is 11.8 Å². The van der Waals surface area contributed by atoms with Crippen molar-refractivity contribution < 1.29 is 8.42 Å². The van der Waals surface area contributed by atoms with Gasteiger partial charge in [0.05, 0.1) is 5.69 Å². The van der Waals surface area contributed by atoms with E-state index in [1.807, 2.05) is 24.3 Å². The minimum Gasteiger partial charge on any atom is -0.271 e. The monoisotopic (exact) mass is 268 g/mol. The Morgan fingerprint density at radius 3 is 2.44 bits per heavy atom. The minimum atomic E-state index is -3.43. The first-order chi connectivity index (χ1) is 8.62. The SMILES string of the molecule is CNS(=O)(=O)Nc1ccccc1C1CCCCC1. The fourth-order valence-corrected chi connectivity index (χ4v) is 3.13. The van der Waals surface area contributed by atoms with Crippen LogP contribution in [0, 0.1) is 0 Å². The van der Waals surface area contributed by atoms with Crippen molar-refractivity contribution in [3.8, 4) is 0 Å². The molecule has 5 heteroatoms. The first-order valence-corrected chi connectivity index (χ1v) is 7.91. The molecular formula is C13H20N2O2S. The highest BCUT2D eigenvalue weighted by Gasteiger charge is 2.19.